The van der Waals surface area contributed by atoms with E-state index in [-0.39, 0.29) is 28.7 Å². The van der Waals surface area contributed by atoms with Crippen LogP contribution in [0.15, 0.2) is 61.4 Å². The van der Waals surface area contributed by atoms with Crippen molar-refractivity contribution in [1.29, 1.82) is 0 Å². The number of pyridine rings is 2. The van der Waals surface area contributed by atoms with Gasteiger partial charge in [0.2, 0.25) is 0 Å². The van der Waals surface area contributed by atoms with E-state index in [9.17, 15) is 9.18 Å². The predicted octanol–water partition coefficient (Wildman–Crippen LogP) is 5.46. The molecule has 35 heavy (non-hydrogen) atoms. The average Bonchev–Trinajstić information content (AvgIpc) is 2.89. The molecule has 1 aliphatic rings. The molecule has 0 saturated carbocycles. The summed E-state index contributed by atoms with van der Waals surface area (Å²) in [5.41, 5.74) is 1.14. The van der Waals surface area contributed by atoms with E-state index in [1.165, 1.54) is 29.4 Å². The highest BCUT2D eigenvalue weighted by Gasteiger charge is 2.34. The van der Waals surface area contributed by atoms with Crippen LogP contribution in [0.5, 0.6) is 0 Å². The van der Waals surface area contributed by atoms with Gasteiger partial charge in [0.15, 0.2) is 5.82 Å². The Balaban J connectivity index is 1.60. The maximum absolute atomic E-state index is 15.8. The maximum atomic E-state index is 15.8. The van der Waals surface area contributed by atoms with Crippen LogP contribution in [-0.4, -0.2) is 46.6 Å². The van der Waals surface area contributed by atoms with Crippen molar-refractivity contribution >= 4 is 44.9 Å². The Hall–Kier alpha value is -4.09. The van der Waals surface area contributed by atoms with Crippen LogP contribution in [-0.2, 0) is 4.79 Å². The van der Waals surface area contributed by atoms with E-state index in [1.54, 1.807) is 30.3 Å². The molecule has 9 heteroatoms. The molecule has 3 heterocycles. The lowest BCUT2D eigenvalue weighted by Crippen LogP contribution is -2.53. The first kappa shape index (κ1) is 22.7. The van der Waals surface area contributed by atoms with E-state index >= 15 is 4.39 Å². The topological polar surface area (TPSA) is 53.7 Å². The van der Waals surface area contributed by atoms with Gasteiger partial charge in [0, 0.05) is 47.5 Å². The predicted molar refractivity (Wildman–Crippen MR) is 132 cm³/mol. The second-order valence-electron chi connectivity index (χ2n) is 8.07. The zero-order valence-electron chi connectivity index (χ0n) is 18.4. The van der Waals surface area contributed by atoms with Gasteiger partial charge in [-0.15, -0.1) is 0 Å². The van der Waals surface area contributed by atoms with E-state index in [0.717, 1.165) is 0 Å². The lowest BCUT2D eigenvalue weighted by Gasteiger charge is -2.36. The van der Waals surface area contributed by atoms with Crippen molar-refractivity contribution in [3.63, 3.8) is 0 Å². The first-order valence-electron chi connectivity index (χ1n) is 10.8. The standard InChI is InChI=1S/C26H18ClF2N5O/c1-3-21(35)34-12-11-33(14-20(34)30-2)19-9-10-31-26-17(19)13-32-25(24(26)29)16-6-4-5-15-7-8-18(28)23(27)22(15)16/h3-10,13,20H,1,11-12,14H2. The summed E-state index contributed by atoms with van der Waals surface area (Å²) in [6.45, 7) is 12.0. The van der Waals surface area contributed by atoms with Gasteiger partial charge in [-0.3, -0.25) is 24.5 Å². The van der Waals surface area contributed by atoms with Gasteiger partial charge in [0.1, 0.15) is 23.6 Å². The quantitative estimate of drug-likeness (QED) is 0.283. The SMILES string of the molecule is [C-]#[N+]C1CN(c2ccnc3c(F)c(-c4cccc5ccc(F)c(Cl)c45)ncc23)CCN1C(=O)C=C. The summed E-state index contributed by atoms with van der Waals surface area (Å²) in [5.74, 6) is -1.55. The summed E-state index contributed by atoms with van der Waals surface area (Å²) < 4.78 is 30.0. The van der Waals surface area contributed by atoms with Gasteiger partial charge in [-0.05, 0) is 23.6 Å². The van der Waals surface area contributed by atoms with Gasteiger partial charge >= 0.3 is 6.17 Å². The molecule has 1 saturated heterocycles. The summed E-state index contributed by atoms with van der Waals surface area (Å²) in [4.78, 5) is 27.7. The second kappa shape index (κ2) is 8.93. The summed E-state index contributed by atoms with van der Waals surface area (Å²) >= 11 is 6.24. The zero-order chi connectivity index (χ0) is 24.7. The molecular weight excluding hydrogens is 472 g/mol. The molecule has 0 N–H and O–H groups in total. The largest absolute Gasteiger partial charge is 0.359 e. The van der Waals surface area contributed by atoms with Crippen molar-refractivity contribution in [2.24, 2.45) is 0 Å². The van der Waals surface area contributed by atoms with E-state index in [0.29, 0.717) is 40.5 Å². The number of fused-ring (bicyclic) bond motifs is 2. The fraction of sp³-hybridized carbons (Fsp3) is 0.154. The second-order valence-corrected chi connectivity index (χ2v) is 8.45. The van der Waals surface area contributed by atoms with Crippen molar-refractivity contribution in [3.8, 4) is 11.3 Å². The summed E-state index contributed by atoms with van der Waals surface area (Å²) in [7, 11) is 0. The van der Waals surface area contributed by atoms with E-state index in [2.05, 4.69) is 21.4 Å². The Kier molecular flexibility index (Phi) is 5.79. The van der Waals surface area contributed by atoms with E-state index < -0.39 is 17.8 Å². The minimum absolute atomic E-state index is 0.0145. The number of anilines is 1. The fourth-order valence-corrected chi connectivity index (χ4v) is 4.78. The molecule has 6 nitrogen and oxygen atoms in total. The molecule has 5 rings (SSSR count). The van der Waals surface area contributed by atoms with Crippen molar-refractivity contribution in [3.05, 3.63) is 89.5 Å². The highest BCUT2D eigenvalue weighted by molar-refractivity contribution is 6.36. The van der Waals surface area contributed by atoms with Gasteiger partial charge in [0.05, 0.1) is 5.02 Å². The minimum Gasteiger partial charge on any atom is -0.359 e. The van der Waals surface area contributed by atoms with E-state index in [1.807, 2.05) is 4.90 Å². The third-order valence-corrected chi connectivity index (χ3v) is 6.57. The van der Waals surface area contributed by atoms with Crippen LogP contribution in [0.4, 0.5) is 14.5 Å². The maximum Gasteiger partial charge on any atom is 0.318 e. The van der Waals surface area contributed by atoms with Crippen LogP contribution in [0.1, 0.15) is 0 Å². The number of carbonyl (C=O) groups is 1. The normalized spacial score (nSPS) is 15.9. The number of piperazine rings is 1. The van der Waals surface area contributed by atoms with Crippen LogP contribution in [0, 0.1) is 18.2 Å². The van der Waals surface area contributed by atoms with Crippen molar-refractivity contribution in [1.82, 2.24) is 14.9 Å². The molecule has 4 aromatic rings. The molecule has 0 spiro atoms. The first-order chi connectivity index (χ1) is 16.9. The highest BCUT2D eigenvalue weighted by Crippen LogP contribution is 2.38. The first-order valence-corrected chi connectivity index (χ1v) is 11.2. The molecule has 1 atom stereocenters. The number of hydrogen-bond donors (Lipinski definition) is 0. The number of halogens is 3. The number of aromatic nitrogens is 2. The molecule has 174 valence electrons. The number of hydrogen-bond acceptors (Lipinski definition) is 4. The number of benzene rings is 2. The zero-order valence-corrected chi connectivity index (χ0v) is 19.1. The summed E-state index contributed by atoms with van der Waals surface area (Å²) in [6, 6.07) is 9.73. The molecule has 0 aliphatic carbocycles. The molecule has 0 bridgehead atoms. The lowest BCUT2D eigenvalue weighted by molar-refractivity contribution is -0.127. The Morgan fingerprint density at radius 1 is 1.20 bits per heavy atom. The Morgan fingerprint density at radius 2 is 2.03 bits per heavy atom. The molecule has 2 aromatic heterocycles. The average molecular weight is 490 g/mol. The molecule has 1 aliphatic heterocycles. The molecule has 1 unspecified atom stereocenters. The minimum atomic E-state index is -0.692. The van der Waals surface area contributed by atoms with Crippen LogP contribution in [0.3, 0.4) is 0 Å². The van der Waals surface area contributed by atoms with Gasteiger partial charge in [-0.1, -0.05) is 42.4 Å². The van der Waals surface area contributed by atoms with Gasteiger partial charge in [-0.25, -0.2) is 15.4 Å². The number of rotatable bonds is 3. The van der Waals surface area contributed by atoms with Crippen LogP contribution >= 0.6 is 11.6 Å². The smallest absolute Gasteiger partial charge is 0.318 e. The van der Waals surface area contributed by atoms with E-state index in [4.69, 9.17) is 18.2 Å². The summed E-state index contributed by atoms with van der Waals surface area (Å²) in [6.07, 6.45) is 3.52. The third kappa shape index (κ3) is 3.74. The number of carbonyl (C=O) groups excluding carboxylic acids is 1. The molecule has 2 aromatic carbocycles. The fourth-order valence-electron chi connectivity index (χ4n) is 4.50. The Bertz CT molecular complexity index is 1550. The van der Waals surface area contributed by atoms with Crippen LogP contribution in [0.25, 0.3) is 37.8 Å². The number of amides is 1. The highest BCUT2D eigenvalue weighted by atomic mass is 35.5. The molecule has 1 amide bonds. The van der Waals surface area contributed by atoms with Gasteiger partial charge in [0.25, 0.3) is 5.91 Å². The van der Waals surface area contributed by atoms with Crippen molar-refractivity contribution in [2.45, 2.75) is 6.17 Å². The Morgan fingerprint density at radius 3 is 2.80 bits per heavy atom. The lowest BCUT2D eigenvalue weighted by atomic mass is 10.00. The van der Waals surface area contributed by atoms with Crippen LogP contribution in [0.2, 0.25) is 5.02 Å². The van der Waals surface area contributed by atoms with Crippen molar-refractivity contribution < 1.29 is 13.6 Å². The molecular formula is C26H18ClF2N5O. The van der Waals surface area contributed by atoms with Crippen molar-refractivity contribution in [2.75, 3.05) is 24.5 Å². The van der Waals surface area contributed by atoms with Gasteiger partial charge in [-0.2, -0.15) is 0 Å². The van der Waals surface area contributed by atoms with Crippen LogP contribution < -0.4 is 4.90 Å². The number of nitrogens with zero attached hydrogens (tertiary/aromatic N) is 5. The summed E-state index contributed by atoms with van der Waals surface area (Å²) in [5, 5.41) is 1.41. The molecule has 1 fully saturated rings. The monoisotopic (exact) mass is 489 g/mol. The Labute approximate surface area is 204 Å². The molecule has 0 radical (unpaired) electrons. The third-order valence-electron chi connectivity index (χ3n) is 6.20. The van der Waals surface area contributed by atoms with Gasteiger partial charge < -0.3 is 4.90 Å².